The summed E-state index contributed by atoms with van der Waals surface area (Å²) in [4.78, 5) is 6.86. The van der Waals surface area contributed by atoms with Gasteiger partial charge in [-0.1, -0.05) is 6.92 Å². The zero-order valence-electron chi connectivity index (χ0n) is 10.5. The molecule has 2 saturated heterocycles. The Morgan fingerprint density at radius 2 is 2.41 bits per heavy atom. The minimum absolute atomic E-state index is 0.292. The lowest BCUT2D eigenvalue weighted by Gasteiger charge is -2.29. The minimum Gasteiger partial charge on any atom is -0.380 e. The number of fused-ring (bicyclic) bond motifs is 1. The topological polar surface area (TPSA) is 41.3 Å². The smallest absolute Gasteiger partial charge is 0.142 e. The molecular weight excluding hydrogens is 214 g/mol. The van der Waals surface area contributed by atoms with Gasteiger partial charge in [0.1, 0.15) is 11.4 Å². The van der Waals surface area contributed by atoms with E-state index in [0.717, 1.165) is 44.7 Å². The van der Waals surface area contributed by atoms with E-state index in [0.29, 0.717) is 6.04 Å². The molecule has 2 atom stereocenters. The number of aliphatic hydroxyl groups is 1. The van der Waals surface area contributed by atoms with Gasteiger partial charge in [-0.05, 0) is 32.2 Å². The van der Waals surface area contributed by atoms with E-state index in [9.17, 15) is 5.11 Å². The summed E-state index contributed by atoms with van der Waals surface area (Å²) in [6.45, 7) is 5.26. The average Bonchev–Trinajstić information content (AvgIpc) is 2.98. The first-order valence-corrected chi connectivity index (χ1v) is 6.74. The molecule has 1 N–H and O–H groups in total. The summed E-state index contributed by atoms with van der Waals surface area (Å²) in [5, 5.41) is 11.0. The summed E-state index contributed by atoms with van der Waals surface area (Å²) in [5.74, 6) is 0.883. The zero-order chi connectivity index (χ0) is 11.9. The molecule has 2 aliphatic heterocycles. The monoisotopic (exact) mass is 235 g/mol. The number of nitrogens with zero attached hydrogens (tertiary/aromatic N) is 3. The van der Waals surface area contributed by atoms with Gasteiger partial charge in [-0.25, -0.2) is 4.98 Å². The number of hydrogen-bond donors (Lipinski definition) is 1. The number of aryl methyl sites for hydroxylation is 1. The maximum absolute atomic E-state index is 11.0. The van der Waals surface area contributed by atoms with Crippen LogP contribution in [0.4, 0.5) is 0 Å². The molecule has 2 fully saturated rings. The summed E-state index contributed by atoms with van der Waals surface area (Å²) < 4.78 is 2.13. The second-order valence-corrected chi connectivity index (χ2v) is 5.31. The molecule has 4 heteroatoms. The van der Waals surface area contributed by atoms with E-state index in [1.54, 1.807) is 0 Å². The Labute approximate surface area is 102 Å². The van der Waals surface area contributed by atoms with Crippen molar-refractivity contribution >= 4 is 0 Å². The molecule has 2 unspecified atom stereocenters. The lowest BCUT2D eigenvalue weighted by atomic mass is 9.91. The van der Waals surface area contributed by atoms with E-state index >= 15 is 0 Å². The number of rotatable bonds is 3. The van der Waals surface area contributed by atoms with Crippen LogP contribution in [-0.2, 0) is 12.1 Å². The van der Waals surface area contributed by atoms with Crippen LogP contribution >= 0.6 is 0 Å². The van der Waals surface area contributed by atoms with Gasteiger partial charge in [0.05, 0.1) is 0 Å². The Bertz CT molecular complexity index is 403. The van der Waals surface area contributed by atoms with Crippen LogP contribution in [0.3, 0.4) is 0 Å². The molecular formula is C13H21N3O. The molecule has 0 bridgehead atoms. The van der Waals surface area contributed by atoms with Gasteiger partial charge in [0, 0.05) is 31.5 Å². The second-order valence-electron chi connectivity index (χ2n) is 5.31. The van der Waals surface area contributed by atoms with E-state index < -0.39 is 5.60 Å². The summed E-state index contributed by atoms with van der Waals surface area (Å²) in [6.07, 6.45) is 8.04. The lowest BCUT2D eigenvalue weighted by Crippen LogP contribution is -2.40. The molecule has 4 nitrogen and oxygen atoms in total. The van der Waals surface area contributed by atoms with Crippen LogP contribution in [0.5, 0.6) is 0 Å². The van der Waals surface area contributed by atoms with Crippen LogP contribution in [-0.4, -0.2) is 38.7 Å². The Kier molecular flexibility index (Phi) is 2.71. The molecule has 17 heavy (non-hydrogen) atoms. The Balaban J connectivity index is 1.93. The minimum atomic E-state index is -0.713. The first-order valence-electron chi connectivity index (χ1n) is 6.74. The van der Waals surface area contributed by atoms with E-state index in [4.69, 9.17) is 0 Å². The van der Waals surface area contributed by atoms with Crippen LogP contribution in [0.25, 0.3) is 0 Å². The van der Waals surface area contributed by atoms with Crippen LogP contribution in [0.15, 0.2) is 12.4 Å². The Morgan fingerprint density at radius 1 is 1.53 bits per heavy atom. The molecule has 94 valence electrons. The first kappa shape index (κ1) is 11.2. The summed E-state index contributed by atoms with van der Waals surface area (Å²) in [5.41, 5.74) is -0.713. The molecule has 0 amide bonds. The van der Waals surface area contributed by atoms with Crippen molar-refractivity contribution in [1.82, 2.24) is 14.5 Å². The van der Waals surface area contributed by atoms with Crippen LogP contribution < -0.4 is 0 Å². The number of imidazole rings is 1. The highest BCUT2D eigenvalue weighted by molar-refractivity contribution is 5.15. The number of aromatic nitrogens is 2. The van der Waals surface area contributed by atoms with Crippen LogP contribution in [0, 0.1) is 0 Å². The molecule has 1 aromatic rings. The molecule has 1 aromatic heterocycles. The number of hydrogen-bond acceptors (Lipinski definition) is 3. The normalized spacial score (nSPS) is 33.2. The largest absolute Gasteiger partial charge is 0.380 e. The summed E-state index contributed by atoms with van der Waals surface area (Å²) >= 11 is 0. The van der Waals surface area contributed by atoms with Gasteiger partial charge in [-0.15, -0.1) is 0 Å². The van der Waals surface area contributed by atoms with Crippen molar-refractivity contribution in [2.24, 2.45) is 0 Å². The molecule has 0 saturated carbocycles. The highest BCUT2D eigenvalue weighted by atomic mass is 16.3. The molecule has 0 aliphatic carbocycles. The lowest BCUT2D eigenvalue weighted by molar-refractivity contribution is -0.00208. The van der Waals surface area contributed by atoms with Crippen molar-refractivity contribution in [1.29, 1.82) is 0 Å². The SMILES string of the molecule is CCCn1ccnc1C1(O)CCN2CCCC21. The molecule has 0 aromatic carbocycles. The fourth-order valence-electron chi connectivity index (χ4n) is 3.49. The van der Waals surface area contributed by atoms with Crippen molar-refractivity contribution in [2.75, 3.05) is 13.1 Å². The maximum atomic E-state index is 11.0. The van der Waals surface area contributed by atoms with Gasteiger partial charge >= 0.3 is 0 Å². The van der Waals surface area contributed by atoms with E-state index in [-0.39, 0.29) is 0 Å². The van der Waals surface area contributed by atoms with E-state index in [1.807, 2.05) is 12.4 Å². The van der Waals surface area contributed by atoms with Crippen LogP contribution in [0.2, 0.25) is 0 Å². The molecule has 0 radical (unpaired) electrons. The summed E-state index contributed by atoms with van der Waals surface area (Å²) in [6, 6.07) is 0.292. The van der Waals surface area contributed by atoms with Crippen molar-refractivity contribution in [3.8, 4) is 0 Å². The Morgan fingerprint density at radius 3 is 3.24 bits per heavy atom. The van der Waals surface area contributed by atoms with Gasteiger partial charge < -0.3 is 9.67 Å². The Hall–Kier alpha value is -0.870. The highest BCUT2D eigenvalue weighted by Crippen LogP contribution is 2.42. The molecule has 3 heterocycles. The van der Waals surface area contributed by atoms with E-state index in [2.05, 4.69) is 21.4 Å². The quantitative estimate of drug-likeness (QED) is 0.860. The highest BCUT2D eigenvalue weighted by Gasteiger charge is 2.51. The predicted molar refractivity (Wildman–Crippen MR) is 65.6 cm³/mol. The van der Waals surface area contributed by atoms with Crippen molar-refractivity contribution < 1.29 is 5.11 Å². The van der Waals surface area contributed by atoms with Gasteiger partial charge in [-0.3, -0.25) is 4.90 Å². The third-order valence-corrected chi connectivity index (χ3v) is 4.26. The predicted octanol–water partition coefficient (Wildman–Crippen LogP) is 1.35. The van der Waals surface area contributed by atoms with Crippen molar-refractivity contribution in [3.63, 3.8) is 0 Å². The molecule has 0 spiro atoms. The fourth-order valence-corrected chi connectivity index (χ4v) is 3.49. The van der Waals surface area contributed by atoms with Gasteiger partial charge in [0.2, 0.25) is 0 Å². The van der Waals surface area contributed by atoms with Crippen LogP contribution in [0.1, 0.15) is 38.4 Å². The zero-order valence-corrected chi connectivity index (χ0v) is 10.5. The first-order chi connectivity index (χ1) is 8.25. The fraction of sp³-hybridized carbons (Fsp3) is 0.769. The second kappa shape index (κ2) is 4.10. The molecule has 3 rings (SSSR count). The average molecular weight is 235 g/mol. The van der Waals surface area contributed by atoms with Gasteiger partial charge in [0.15, 0.2) is 0 Å². The van der Waals surface area contributed by atoms with E-state index in [1.165, 1.54) is 6.42 Å². The van der Waals surface area contributed by atoms with Crippen molar-refractivity contribution in [2.45, 2.75) is 50.8 Å². The molecule has 2 aliphatic rings. The standard InChI is InChI=1S/C13H21N3O/c1-2-7-16-10-6-14-12(16)13(17)5-9-15-8-3-4-11(13)15/h6,10-11,17H,2-5,7-9H2,1H3. The van der Waals surface area contributed by atoms with Gasteiger partial charge in [-0.2, -0.15) is 0 Å². The van der Waals surface area contributed by atoms with Crippen molar-refractivity contribution in [3.05, 3.63) is 18.2 Å². The maximum Gasteiger partial charge on any atom is 0.142 e. The third-order valence-electron chi connectivity index (χ3n) is 4.26. The third kappa shape index (κ3) is 1.62. The summed E-state index contributed by atoms with van der Waals surface area (Å²) in [7, 11) is 0. The van der Waals surface area contributed by atoms with Gasteiger partial charge in [0.25, 0.3) is 0 Å².